The molecule has 0 bridgehead atoms. The Bertz CT molecular complexity index is 1650. The molecule has 0 saturated carbocycles. The van der Waals surface area contributed by atoms with Crippen molar-refractivity contribution in [2.45, 2.75) is 84.5 Å². The zero-order chi connectivity index (χ0) is 39.0. The summed E-state index contributed by atoms with van der Waals surface area (Å²) >= 11 is 0. The topological polar surface area (TPSA) is 188 Å². The number of aliphatic hydroxyl groups excluding tert-OH is 1. The molecular weight excluding hydrogens is 697 g/mol. The Kier molecular flexibility index (Phi) is 14.0. The molecule has 0 radical (unpaired) electrons. The van der Waals surface area contributed by atoms with E-state index in [9.17, 15) is 33.7 Å². The van der Waals surface area contributed by atoms with E-state index in [1.54, 1.807) is 6.20 Å². The average Bonchev–Trinajstić information content (AvgIpc) is 3.41. The molecule has 0 spiro atoms. The number of nitrogens with zero attached hydrogens (tertiary/aromatic N) is 3. The smallest absolute Gasteiger partial charge is 0.407 e. The summed E-state index contributed by atoms with van der Waals surface area (Å²) in [4.78, 5) is 44.8. The van der Waals surface area contributed by atoms with E-state index < -0.39 is 58.0 Å². The molecule has 3 aromatic rings. The Hall–Kier alpha value is -4.05. The fourth-order valence-electron chi connectivity index (χ4n) is 6.91. The second-order valence-electron chi connectivity index (χ2n) is 15.8. The normalized spacial score (nSPS) is 17.6. The molecule has 1 aromatic heterocycles. The molecular formula is C39H56N6O7S. The Morgan fingerprint density at radius 2 is 1.57 bits per heavy atom. The molecule has 1 aliphatic rings. The molecule has 4 atom stereocenters. The van der Waals surface area contributed by atoms with Crippen LogP contribution in [0.3, 0.4) is 0 Å². The summed E-state index contributed by atoms with van der Waals surface area (Å²) in [5, 5.41) is 27.5. The van der Waals surface area contributed by atoms with Crippen molar-refractivity contribution < 1.29 is 33.7 Å². The fraction of sp³-hybridized carbons (Fsp3) is 0.487. The maximum atomic E-state index is 14.1. The third-order valence-corrected chi connectivity index (χ3v) is 11.0. The van der Waals surface area contributed by atoms with Gasteiger partial charge in [0.2, 0.25) is 11.8 Å². The highest BCUT2D eigenvalue weighted by Gasteiger charge is 2.45. The number of rotatable bonds is 16. The predicted octanol–water partition coefficient (Wildman–Crippen LogP) is 5.18. The number of carboxylic acid groups (broad SMARTS) is 1. The van der Waals surface area contributed by atoms with Gasteiger partial charge in [0.1, 0.15) is 6.04 Å². The van der Waals surface area contributed by atoms with Crippen LogP contribution < -0.4 is 15.4 Å². The molecule has 0 unspecified atom stereocenters. The van der Waals surface area contributed by atoms with Gasteiger partial charge in [-0.05, 0) is 53.4 Å². The van der Waals surface area contributed by atoms with Gasteiger partial charge >= 0.3 is 6.09 Å². The summed E-state index contributed by atoms with van der Waals surface area (Å²) in [5.74, 6) is -0.740. The quantitative estimate of drug-likeness (QED) is 0.103. The lowest BCUT2D eigenvalue weighted by Gasteiger charge is -2.45. The third kappa shape index (κ3) is 12.2. The van der Waals surface area contributed by atoms with Gasteiger partial charge in [-0.1, -0.05) is 106 Å². The average molecular weight is 753 g/mol. The second kappa shape index (κ2) is 17.9. The number of carbonyl (C=O) groups is 3. The molecule has 2 heterocycles. The van der Waals surface area contributed by atoms with Crippen LogP contribution in [0.25, 0.3) is 11.3 Å². The standard InChI is InChI=1S/C39H56N6O7S/c1-38(2,3)35(45-21-20-41-53(45,51)52)36(48)43-32(23-27-12-8-7-9-13-27)33(46)24-30(42-34(47)25-39(4,5)26-44(6)37(49)50)22-28-15-17-29(18-16-28)31-14-10-11-19-40-31/h7-19,30,32-33,35,41,46,51-52H,20-26H2,1-6H3,(H,42,47)(H,43,48)(H,49,50)/t30-,32+,33+,35-/m1/s1. The van der Waals surface area contributed by atoms with E-state index in [2.05, 4.69) is 20.3 Å². The molecule has 0 aliphatic carbocycles. The van der Waals surface area contributed by atoms with Crippen LogP contribution >= 0.6 is 11.0 Å². The number of carbonyl (C=O) groups excluding carboxylic acids is 2. The number of amides is 3. The number of pyridine rings is 1. The summed E-state index contributed by atoms with van der Waals surface area (Å²) in [5.41, 5.74) is 2.19. The summed E-state index contributed by atoms with van der Waals surface area (Å²) in [7, 11) is -1.91. The predicted molar refractivity (Wildman–Crippen MR) is 208 cm³/mol. The van der Waals surface area contributed by atoms with Crippen LogP contribution in [-0.2, 0) is 22.4 Å². The molecule has 1 saturated heterocycles. The Labute approximate surface area is 314 Å². The van der Waals surface area contributed by atoms with Crippen molar-refractivity contribution in [3.8, 4) is 11.3 Å². The first-order valence-corrected chi connectivity index (χ1v) is 19.4. The van der Waals surface area contributed by atoms with E-state index >= 15 is 0 Å². The van der Waals surface area contributed by atoms with E-state index in [1.807, 2.05) is 107 Å². The number of hydrogen-bond acceptors (Lipinski definition) is 9. The minimum atomic E-state index is -3.37. The van der Waals surface area contributed by atoms with E-state index in [1.165, 1.54) is 11.4 Å². The van der Waals surface area contributed by atoms with Gasteiger partial charge in [0.15, 0.2) is 0 Å². The van der Waals surface area contributed by atoms with Crippen molar-refractivity contribution in [3.05, 3.63) is 90.1 Å². The molecule has 1 aliphatic heterocycles. The van der Waals surface area contributed by atoms with Crippen LogP contribution in [0.5, 0.6) is 0 Å². The number of aromatic nitrogens is 1. The van der Waals surface area contributed by atoms with Crippen LogP contribution in [0.1, 0.15) is 58.6 Å². The monoisotopic (exact) mass is 752 g/mol. The zero-order valence-electron chi connectivity index (χ0n) is 31.5. The van der Waals surface area contributed by atoms with Crippen molar-refractivity contribution >= 4 is 28.9 Å². The van der Waals surface area contributed by atoms with E-state index in [4.69, 9.17) is 0 Å². The lowest BCUT2D eigenvalue weighted by atomic mass is 9.85. The molecule has 7 N–H and O–H groups in total. The highest BCUT2D eigenvalue weighted by atomic mass is 32.3. The van der Waals surface area contributed by atoms with Gasteiger partial charge in [0.05, 0.1) is 17.8 Å². The number of hydrogen-bond donors (Lipinski definition) is 7. The van der Waals surface area contributed by atoms with Crippen LogP contribution in [0, 0.1) is 10.8 Å². The molecule has 4 rings (SSSR count). The first kappa shape index (κ1) is 41.7. The van der Waals surface area contributed by atoms with Gasteiger partial charge in [-0.25, -0.2) is 9.52 Å². The third-order valence-electron chi connectivity index (χ3n) is 9.32. The fourth-order valence-corrected chi connectivity index (χ4v) is 8.49. The maximum absolute atomic E-state index is 14.1. The highest BCUT2D eigenvalue weighted by Crippen LogP contribution is 2.47. The van der Waals surface area contributed by atoms with Gasteiger partial charge in [-0.2, -0.15) is 4.31 Å². The Morgan fingerprint density at radius 1 is 0.925 bits per heavy atom. The largest absolute Gasteiger partial charge is 0.465 e. The molecule has 290 valence electrons. The van der Waals surface area contributed by atoms with Crippen molar-refractivity contribution in [1.29, 1.82) is 0 Å². The van der Waals surface area contributed by atoms with Crippen molar-refractivity contribution in [1.82, 2.24) is 29.5 Å². The zero-order valence-corrected chi connectivity index (χ0v) is 32.3. The SMILES string of the molecule is CN(CC(C)(C)CC(=O)N[C@H](Cc1ccc(-c2ccccn2)cc1)C[C@H](O)[C@H](Cc1ccccc1)NC(=O)[C@@H](N1CCNS1(O)O)C(C)(C)C)C(=O)O. The number of aliphatic hydroxyl groups is 1. The number of nitrogens with one attached hydrogen (secondary N) is 3. The Balaban J connectivity index is 1.60. The lowest BCUT2D eigenvalue weighted by molar-refractivity contribution is -0.130. The van der Waals surface area contributed by atoms with E-state index in [0.717, 1.165) is 27.3 Å². The minimum Gasteiger partial charge on any atom is -0.465 e. The van der Waals surface area contributed by atoms with Gasteiger partial charge in [-0.3, -0.25) is 23.7 Å². The molecule has 1 fully saturated rings. The summed E-state index contributed by atoms with van der Waals surface area (Å²) in [6.07, 6.45) is 0.310. The van der Waals surface area contributed by atoms with Crippen molar-refractivity contribution in [3.63, 3.8) is 0 Å². The first-order chi connectivity index (χ1) is 24.8. The maximum Gasteiger partial charge on any atom is 0.407 e. The highest BCUT2D eigenvalue weighted by molar-refractivity contribution is 8.20. The van der Waals surface area contributed by atoms with Crippen molar-refractivity contribution in [2.75, 3.05) is 26.7 Å². The molecule has 2 aromatic carbocycles. The lowest BCUT2D eigenvalue weighted by Crippen LogP contribution is -2.58. The Morgan fingerprint density at radius 3 is 2.13 bits per heavy atom. The molecule has 3 amide bonds. The molecule has 13 nitrogen and oxygen atoms in total. The summed E-state index contributed by atoms with van der Waals surface area (Å²) in [6, 6.07) is 20.7. The minimum absolute atomic E-state index is 0.0452. The van der Waals surface area contributed by atoms with Crippen LogP contribution in [0.4, 0.5) is 4.79 Å². The second-order valence-corrected chi connectivity index (χ2v) is 17.6. The first-order valence-electron chi connectivity index (χ1n) is 17.9. The van der Waals surface area contributed by atoms with Gasteiger partial charge in [-0.15, -0.1) is 0 Å². The van der Waals surface area contributed by atoms with Crippen LogP contribution in [0.2, 0.25) is 0 Å². The van der Waals surface area contributed by atoms with E-state index in [-0.39, 0.29) is 38.3 Å². The van der Waals surface area contributed by atoms with Gasteiger partial charge in [0.25, 0.3) is 0 Å². The van der Waals surface area contributed by atoms with Gasteiger partial charge < -0.3 is 25.7 Å². The van der Waals surface area contributed by atoms with E-state index in [0.29, 0.717) is 13.0 Å². The summed E-state index contributed by atoms with van der Waals surface area (Å²) < 4.78 is 25.6. The molecule has 53 heavy (non-hydrogen) atoms. The molecule has 14 heteroatoms. The van der Waals surface area contributed by atoms with Crippen molar-refractivity contribution in [2.24, 2.45) is 10.8 Å². The van der Waals surface area contributed by atoms with Crippen LogP contribution in [-0.4, -0.2) is 102 Å². The number of benzene rings is 2. The summed E-state index contributed by atoms with van der Waals surface area (Å²) in [6.45, 7) is 9.94. The van der Waals surface area contributed by atoms with Gasteiger partial charge in [0, 0.05) is 50.9 Å². The van der Waals surface area contributed by atoms with Crippen LogP contribution in [0.15, 0.2) is 79.0 Å².